The fraction of sp³-hybridized carbons (Fsp3) is 0.300. The Hall–Kier alpha value is -1.22. The van der Waals surface area contributed by atoms with Gasteiger partial charge in [0.1, 0.15) is 5.37 Å². The molecule has 9 heteroatoms. The summed E-state index contributed by atoms with van der Waals surface area (Å²) in [5.74, 6) is 0. The Labute approximate surface area is 115 Å². The van der Waals surface area contributed by atoms with Crippen LogP contribution in [-0.4, -0.2) is 9.97 Å². The quantitative estimate of drug-likeness (QED) is 0.483. The summed E-state index contributed by atoms with van der Waals surface area (Å²) in [6.07, 6.45) is -4.64. The van der Waals surface area contributed by atoms with E-state index in [1.807, 2.05) is 0 Å². The molecule has 2 rings (SSSR count). The average Bonchev–Trinajstić information content (AvgIpc) is 2.25. The van der Waals surface area contributed by atoms with Crippen molar-refractivity contribution in [3.8, 4) is 0 Å². The summed E-state index contributed by atoms with van der Waals surface area (Å²) < 4.78 is 38.1. The molecule has 0 amide bonds. The van der Waals surface area contributed by atoms with Gasteiger partial charge in [-0.25, -0.2) is 0 Å². The maximum absolute atomic E-state index is 12.7. The third kappa shape index (κ3) is 2.71. The number of aliphatic imine (C=N–C) groups is 1. The molecule has 0 radical (unpaired) electrons. The maximum Gasteiger partial charge on any atom is 0.416 e. The van der Waals surface area contributed by atoms with Crippen LogP contribution >= 0.6 is 24.4 Å². The third-order valence-electron chi connectivity index (χ3n) is 2.45. The van der Waals surface area contributed by atoms with E-state index >= 15 is 0 Å². The molecule has 0 saturated carbocycles. The number of thiol groups is 1. The average molecular weight is 308 g/mol. The molecule has 1 aliphatic heterocycles. The minimum atomic E-state index is -4.64. The monoisotopic (exact) mass is 308 g/mol. The number of nitro groups is 1. The first-order valence-corrected chi connectivity index (χ1v) is 6.33. The van der Waals surface area contributed by atoms with Gasteiger partial charge >= 0.3 is 6.18 Å². The van der Waals surface area contributed by atoms with Crippen molar-refractivity contribution in [2.45, 2.75) is 23.4 Å². The molecular formula is C10H7F3N2O2S2. The molecule has 1 heterocycles. The van der Waals surface area contributed by atoms with Crippen LogP contribution in [0.2, 0.25) is 0 Å². The zero-order valence-electron chi connectivity index (χ0n) is 9.43. The van der Waals surface area contributed by atoms with Crippen LogP contribution in [0.15, 0.2) is 22.0 Å². The van der Waals surface area contributed by atoms with Gasteiger partial charge in [0.15, 0.2) is 0 Å². The van der Waals surface area contributed by atoms with Crippen LogP contribution < -0.4 is 0 Å². The SMILES string of the molecule is CC1=NC(S)c2cc(C(F)(F)F)cc([N+](=O)[O-])c2S1. The molecule has 102 valence electrons. The smallest absolute Gasteiger partial charge is 0.264 e. The summed E-state index contributed by atoms with van der Waals surface area (Å²) in [5, 5.41) is 10.6. The van der Waals surface area contributed by atoms with Crippen molar-refractivity contribution in [3.63, 3.8) is 0 Å². The first-order chi connectivity index (χ1) is 8.70. The lowest BCUT2D eigenvalue weighted by Crippen LogP contribution is -2.11. The molecule has 1 unspecified atom stereocenters. The Kier molecular flexibility index (Phi) is 3.52. The lowest BCUT2D eigenvalue weighted by atomic mass is 10.1. The predicted octanol–water partition coefficient (Wildman–Crippen LogP) is 4.07. The Morgan fingerprint density at radius 1 is 1.47 bits per heavy atom. The number of alkyl halides is 3. The molecule has 0 aromatic heterocycles. The Bertz CT molecular complexity index is 587. The van der Waals surface area contributed by atoms with Crippen molar-refractivity contribution in [1.29, 1.82) is 0 Å². The van der Waals surface area contributed by atoms with Gasteiger partial charge in [0.2, 0.25) is 0 Å². The number of fused-ring (bicyclic) bond motifs is 1. The van der Waals surface area contributed by atoms with Gasteiger partial charge < -0.3 is 0 Å². The van der Waals surface area contributed by atoms with Crippen molar-refractivity contribution in [1.82, 2.24) is 0 Å². The molecule has 1 atom stereocenters. The van der Waals surface area contributed by atoms with Crippen LogP contribution in [-0.2, 0) is 6.18 Å². The summed E-state index contributed by atoms with van der Waals surface area (Å²) in [6.45, 7) is 1.62. The van der Waals surface area contributed by atoms with E-state index in [4.69, 9.17) is 0 Å². The Morgan fingerprint density at radius 2 is 2.11 bits per heavy atom. The number of rotatable bonds is 1. The standard InChI is InChI=1S/C10H7F3N2O2S2/c1-4-14-9(18)6-2-5(10(11,12)13)3-7(15(16)17)8(6)19-4/h2-3,9,18H,1H3. The lowest BCUT2D eigenvalue weighted by Gasteiger charge is -2.20. The summed E-state index contributed by atoms with van der Waals surface area (Å²) in [4.78, 5) is 14.3. The minimum absolute atomic E-state index is 0.112. The molecule has 0 spiro atoms. The molecule has 0 aliphatic carbocycles. The molecule has 0 saturated heterocycles. The van der Waals surface area contributed by atoms with Gasteiger partial charge in [0.05, 0.1) is 20.4 Å². The number of hydrogen-bond acceptors (Lipinski definition) is 5. The largest absolute Gasteiger partial charge is 0.416 e. The van der Waals surface area contributed by atoms with Crippen molar-refractivity contribution < 1.29 is 18.1 Å². The molecule has 1 aromatic carbocycles. The highest BCUT2D eigenvalue weighted by Crippen LogP contribution is 2.46. The van der Waals surface area contributed by atoms with Crippen LogP contribution in [0.5, 0.6) is 0 Å². The van der Waals surface area contributed by atoms with Crippen molar-refractivity contribution >= 4 is 35.1 Å². The zero-order valence-corrected chi connectivity index (χ0v) is 11.1. The van der Waals surface area contributed by atoms with Crippen LogP contribution in [0.1, 0.15) is 23.4 Å². The zero-order chi connectivity index (χ0) is 14.4. The summed E-state index contributed by atoms with van der Waals surface area (Å²) in [5.41, 5.74) is -1.52. The van der Waals surface area contributed by atoms with E-state index in [9.17, 15) is 23.3 Å². The van der Waals surface area contributed by atoms with Crippen molar-refractivity contribution in [2.75, 3.05) is 0 Å². The molecule has 0 N–H and O–H groups in total. The highest BCUT2D eigenvalue weighted by molar-refractivity contribution is 8.14. The fourth-order valence-corrected chi connectivity index (χ4v) is 3.18. The molecule has 19 heavy (non-hydrogen) atoms. The minimum Gasteiger partial charge on any atom is -0.264 e. The molecule has 0 bridgehead atoms. The van der Waals surface area contributed by atoms with E-state index in [-0.39, 0.29) is 10.5 Å². The van der Waals surface area contributed by atoms with Gasteiger partial charge in [-0.3, -0.25) is 15.1 Å². The van der Waals surface area contributed by atoms with Gasteiger partial charge in [-0.15, -0.1) is 12.6 Å². The van der Waals surface area contributed by atoms with Crippen LogP contribution in [0.3, 0.4) is 0 Å². The first kappa shape index (κ1) is 14.2. The van der Waals surface area contributed by atoms with Crippen LogP contribution in [0.4, 0.5) is 18.9 Å². The number of hydrogen-bond donors (Lipinski definition) is 1. The van der Waals surface area contributed by atoms with Crippen molar-refractivity contribution in [2.24, 2.45) is 4.99 Å². The number of benzene rings is 1. The second kappa shape index (κ2) is 4.71. The topological polar surface area (TPSA) is 55.5 Å². The Morgan fingerprint density at radius 3 is 2.63 bits per heavy atom. The number of nitro benzene ring substituents is 1. The van der Waals surface area contributed by atoms with E-state index < -0.39 is 27.7 Å². The van der Waals surface area contributed by atoms with E-state index in [0.29, 0.717) is 11.1 Å². The lowest BCUT2D eigenvalue weighted by molar-refractivity contribution is -0.388. The molecule has 1 aliphatic rings. The third-order valence-corrected chi connectivity index (χ3v) is 3.90. The number of halogens is 3. The highest BCUT2D eigenvalue weighted by atomic mass is 32.2. The second-order valence-corrected chi connectivity index (χ2v) is 5.48. The van der Waals surface area contributed by atoms with E-state index in [1.165, 1.54) is 0 Å². The van der Waals surface area contributed by atoms with E-state index in [1.54, 1.807) is 6.92 Å². The molecule has 4 nitrogen and oxygen atoms in total. The highest BCUT2D eigenvalue weighted by Gasteiger charge is 2.36. The fourth-order valence-electron chi connectivity index (χ4n) is 1.65. The normalized spacial score (nSPS) is 18.8. The molecule has 0 fully saturated rings. The second-order valence-electron chi connectivity index (χ2n) is 3.79. The first-order valence-electron chi connectivity index (χ1n) is 5.00. The van der Waals surface area contributed by atoms with Gasteiger partial charge in [-0.05, 0) is 13.0 Å². The summed E-state index contributed by atoms with van der Waals surface area (Å²) >= 11 is 5.05. The van der Waals surface area contributed by atoms with Gasteiger partial charge in [0, 0.05) is 11.6 Å². The van der Waals surface area contributed by atoms with Gasteiger partial charge in [0.25, 0.3) is 5.69 Å². The van der Waals surface area contributed by atoms with Crippen molar-refractivity contribution in [3.05, 3.63) is 33.4 Å². The van der Waals surface area contributed by atoms with E-state index in [0.717, 1.165) is 17.8 Å². The maximum atomic E-state index is 12.7. The van der Waals surface area contributed by atoms with Crippen LogP contribution in [0.25, 0.3) is 0 Å². The Balaban J connectivity index is 2.69. The summed E-state index contributed by atoms with van der Waals surface area (Å²) in [7, 11) is 0. The predicted molar refractivity (Wildman–Crippen MR) is 68.8 cm³/mol. The van der Waals surface area contributed by atoms with Gasteiger partial charge in [-0.2, -0.15) is 13.2 Å². The number of thioether (sulfide) groups is 1. The molecule has 1 aromatic rings. The molecular weight excluding hydrogens is 301 g/mol. The van der Waals surface area contributed by atoms with Crippen LogP contribution in [0, 0.1) is 10.1 Å². The summed E-state index contributed by atoms with van der Waals surface area (Å²) in [6, 6.07) is 1.41. The van der Waals surface area contributed by atoms with Gasteiger partial charge in [-0.1, -0.05) is 11.8 Å². The van der Waals surface area contributed by atoms with E-state index in [2.05, 4.69) is 17.6 Å². The number of nitrogens with zero attached hydrogens (tertiary/aromatic N) is 2.